The van der Waals surface area contributed by atoms with Crippen molar-refractivity contribution in [3.63, 3.8) is 0 Å². The minimum atomic E-state index is 0.815. The summed E-state index contributed by atoms with van der Waals surface area (Å²) in [5.74, 6) is 2.79. The second kappa shape index (κ2) is 5.87. The topological polar surface area (TPSA) is 25.2 Å². The average Bonchev–Trinajstić information content (AvgIpc) is 2.64. The molecule has 90 valence electrons. The third-order valence-corrected chi connectivity index (χ3v) is 3.83. The summed E-state index contributed by atoms with van der Waals surface area (Å²) in [6.07, 6.45) is 5.59. The molecule has 1 aliphatic rings. The minimum Gasteiger partial charge on any atom is -0.453 e. The van der Waals surface area contributed by atoms with E-state index in [9.17, 15) is 0 Å². The molecule has 0 saturated heterocycles. The van der Waals surface area contributed by atoms with Crippen molar-refractivity contribution in [2.75, 3.05) is 6.54 Å². The molecule has 1 N–H and O–H groups in total. The van der Waals surface area contributed by atoms with Crippen molar-refractivity contribution in [1.29, 1.82) is 0 Å². The van der Waals surface area contributed by atoms with Crippen molar-refractivity contribution in [3.8, 4) is 0 Å². The second-order valence-corrected chi connectivity index (χ2v) is 5.76. The van der Waals surface area contributed by atoms with Crippen LogP contribution in [0, 0.1) is 11.8 Å². The molecule has 1 saturated carbocycles. The molecule has 16 heavy (non-hydrogen) atoms. The molecule has 0 spiro atoms. The lowest BCUT2D eigenvalue weighted by Crippen LogP contribution is -2.26. The van der Waals surface area contributed by atoms with E-state index in [1.165, 1.54) is 25.7 Å². The van der Waals surface area contributed by atoms with E-state index in [2.05, 4.69) is 28.2 Å². The van der Waals surface area contributed by atoms with Gasteiger partial charge in [0.25, 0.3) is 0 Å². The zero-order valence-electron chi connectivity index (χ0n) is 9.84. The maximum atomic E-state index is 5.45. The SMILES string of the molecule is CC1CCCC(CNCc2ccc(Br)o2)C1. The highest BCUT2D eigenvalue weighted by Gasteiger charge is 2.18. The van der Waals surface area contributed by atoms with Gasteiger partial charge in [-0.05, 0) is 59.3 Å². The maximum absolute atomic E-state index is 5.45. The van der Waals surface area contributed by atoms with E-state index in [0.717, 1.165) is 35.4 Å². The molecule has 1 aromatic heterocycles. The summed E-state index contributed by atoms with van der Waals surface area (Å²) in [5, 5.41) is 3.49. The van der Waals surface area contributed by atoms with Gasteiger partial charge in [-0.2, -0.15) is 0 Å². The van der Waals surface area contributed by atoms with Crippen LogP contribution in [0.1, 0.15) is 38.4 Å². The highest BCUT2D eigenvalue weighted by Crippen LogP contribution is 2.28. The molecule has 2 nitrogen and oxygen atoms in total. The molecule has 1 heterocycles. The van der Waals surface area contributed by atoms with Crippen LogP contribution in [0.5, 0.6) is 0 Å². The molecule has 0 aliphatic heterocycles. The maximum Gasteiger partial charge on any atom is 0.169 e. The van der Waals surface area contributed by atoms with Gasteiger partial charge in [0, 0.05) is 0 Å². The first kappa shape index (κ1) is 12.2. The zero-order chi connectivity index (χ0) is 11.4. The Hall–Kier alpha value is -0.280. The van der Waals surface area contributed by atoms with Crippen molar-refractivity contribution in [3.05, 3.63) is 22.6 Å². The molecule has 2 rings (SSSR count). The molecule has 3 heteroatoms. The first-order valence-electron chi connectivity index (χ1n) is 6.19. The van der Waals surface area contributed by atoms with Crippen LogP contribution >= 0.6 is 15.9 Å². The third-order valence-electron chi connectivity index (χ3n) is 3.41. The second-order valence-electron chi connectivity index (χ2n) is 4.97. The molecule has 0 amide bonds. The van der Waals surface area contributed by atoms with Gasteiger partial charge >= 0.3 is 0 Å². The average molecular weight is 286 g/mol. The van der Waals surface area contributed by atoms with Crippen LogP contribution in [0.25, 0.3) is 0 Å². The van der Waals surface area contributed by atoms with Crippen molar-refractivity contribution < 1.29 is 4.42 Å². The van der Waals surface area contributed by atoms with E-state index in [-0.39, 0.29) is 0 Å². The lowest BCUT2D eigenvalue weighted by atomic mass is 9.82. The molecule has 2 atom stereocenters. The molecule has 1 fully saturated rings. The Labute approximate surface area is 106 Å². The standard InChI is InChI=1S/C13H20BrNO/c1-10-3-2-4-11(7-10)8-15-9-12-5-6-13(14)16-12/h5-6,10-11,15H,2-4,7-9H2,1H3. The quantitative estimate of drug-likeness (QED) is 0.906. The molecule has 2 unspecified atom stereocenters. The van der Waals surface area contributed by atoms with Gasteiger partial charge in [0.05, 0.1) is 6.54 Å². The first-order valence-corrected chi connectivity index (χ1v) is 6.98. The Morgan fingerprint density at radius 1 is 1.44 bits per heavy atom. The third kappa shape index (κ3) is 3.63. The summed E-state index contributed by atoms with van der Waals surface area (Å²) >= 11 is 3.31. The summed E-state index contributed by atoms with van der Waals surface area (Å²) in [6.45, 7) is 4.34. The predicted molar refractivity (Wildman–Crippen MR) is 69.2 cm³/mol. The van der Waals surface area contributed by atoms with Crippen LogP contribution in [-0.2, 0) is 6.54 Å². The van der Waals surface area contributed by atoms with Crippen LogP contribution in [0.4, 0.5) is 0 Å². The molecule has 0 aromatic carbocycles. The molecule has 0 radical (unpaired) electrons. The fraction of sp³-hybridized carbons (Fsp3) is 0.692. The van der Waals surface area contributed by atoms with Gasteiger partial charge in [0.1, 0.15) is 5.76 Å². The Morgan fingerprint density at radius 3 is 3.00 bits per heavy atom. The van der Waals surface area contributed by atoms with Gasteiger partial charge in [-0.25, -0.2) is 0 Å². The number of furan rings is 1. The van der Waals surface area contributed by atoms with Crippen molar-refractivity contribution in [2.24, 2.45) is 11.8 Å². The summed E-state index contributed by atoms with van der Waals surface area (Å²) in [6, 6.07) is 3.96. The normalized spacial score (nSPS) is 25.9. The number of hydrogen-bond acceptors (Lipinski definition) is 2. The van der Waals surface area contributed by atoms with E-state index in [0.29, 0.717) is 0 Å². The fourth-order valence-electron chi connectivity index (χ4n) is 2.59. The van der Waals surface area contributed by atoms with Crippen molar-refractivity contribution in [1.82, 2.24) is 5.32 Å². The number of hydrogen-bond donors (Lipinski definition) is 1. The lowest BCUT2D eigenvalue weighted by molar-refractivity contribution is 0.272. The monoisotopic (exact) mass is 285 g/mol. The Kier molecular flexibility index (Phi) is 4.47. The summed E-state index contributed by atoms with van der Waals surface area (Å²) in [7, 11) is 0. The van der Waals surface area contributed by atoms with E-state index >= 15 is 0 Å². The lowest BCUT2D eigenvalue weighted by Gasteiger charge is -2.26. The van der Waals surface area contributed by atoms with E-state index in [1.807, 2.05) is 12.1 Å². The Bertz CT molecular complexity index is 323. The Morgan fingerprint density at radius 2 is 2.31 bits per heavy atom. The largest absolute Gasteiger partial charge is 0.453 e. The van der Waals surface area contributed by atoms with E-state index in [1.54, 1.807) is 0 Å². The summed E-state index contributed by atoms with van der Waals surface area (Å²) < 4.78 is 6.26. The minimum absolute atomic E-state index is 0.815. The van der Waals surface area contributed by atoms with Crippen LogP contribution in [0.15, 0.2) is 21.2 Å². The Balaban J connectivity index is 1.67. The zero-order valence-corrected chi connectivity index (χ0v) is 11.4. The van der Waals surface area contributed by atoms with Crippen LogP contribution in [-0.4, -0.2) is 6.54 Å². The van der Waals surface area contributed by atoms with Gasteiger partial charge < -0.3 is 9.73 Å². The van der Waals surface area contributed by atoms with Gasteiger partial charge in [-0.1, -0.05) is 19.8 Å². The van der Waals surface area contributed by atoms with Gasteiger partial charge in [-0.3, -0.25) is 0 Å². The number of rotatable bonds is 4. The predicted octanol–water partition coefficient (Wildman–Crippen LogP) is 3.96. The van der Waals surface area contributed by atoms with Gasteiger partial charge in [0.2, 0.25) is 0 Å². The highest BCUT2D eigenvalue weighted by atomic mass is 79.9. The van der Waals surface area contributed by atoms with E-state index in [4.69, 9.17) is 4.42 Å². The van der Waals surface area contributed by atoms with Crippen molar-refractivity contribution >= 4 is 15.9 Å². The van der Waals surface area contributed by atoms with Crippen LogP contribution in [0.3, 0.4) is 0 Å². The summed E-state index contributed by atoms with van der Waals surface area (Å²) in [4.78, 5) is 0. The molecule has 1 aliphatic carbocycles. The first-order chi connectivity index (χ1) is 7.74. The molecule has 0 bridgehead atoms. The van der Waals surface area contributed by atoms with Gasteiger partial charge in [-0.15, -0.1) is 0 Å². The molecule has 1 aromatic rings. The van der Waals surface area contributed by atoms with Gasteiger partial charge in [0.15, 0.2) is 4.67 Å². The van der Waals surface area contributed by atoms with E-state index < -0.39 is 0 Å². The smallest absolute Gasteiger partial charge is 0.169 e. The number of nitrogens with one attached hydrogen (secondary N) is 1. The van der Waals surface area contributed by atoms with Crippen LogP contribution < -0.4 is 5.32 Å². The van der Waals surface area contributed by atoms with Crippen LogP contribution in [0.2, 0.25) is 0 Å². The highest BCUT2D eigenvalue weighted by molar-refractivity contribution is 9.10. The molecular weight excluding hydrogens is 266 g/mol. The van der Waals surface area contributed by atoms with Crippen molar-refractivity contribution in [2.45, 2.75) is 39.2 Å². The number of halogens is 1. The summed E-state index contributed by atoms with van der Waals surface area (Å²) in [5.41, 5.74) is 0. The fourth-order valence-corrected chi connectivity index (χ4v) is 2.93. The molecular formula is C13H20BrNO.